The number of nitrogens with one attached hydrogen (secondary N) is 1. The molecule has 0 fully saturated rings. The van der Waals surface area contributed by atoms with Crippen LogP contribution < -0.4 is 0 Å². The van der Waals surface area contributed by atoms with Gasteiger partial charge < -0.3 is 0 Å². The van der Waals surface area contributed by atoms with Crippen LogP contribution in [0.2, 0.25) is 0 Å². The van der Waals surface area contributed by atoms with Crippen molar-refractivity contribution in [3.05, 3.63) is 108 Å². The number of rotatable bonds is 4. The third kappa shape index (κ3) is 3.96. The molecule has 3 heteroatoms. The summed E-state index contributed by atoms with van der Waals surface area (Å²) < 4.78 is 0. The predicted octanol–water partition coefficient (Wildman–Crippen LogP) is 4.62. The van der Waals surface area contributed by atoms with Gasteiger partial charge in [0.2, 0.25) is 0 Å². The van der Waals surface area contributed by atoms with E-state index in [1.54, 1.807) is 7.05 Å². The normalized spacial score (nSPS) is 12.0. The summed E-state index contributed by atoms with van der Waals surface area (Å²) in [4.78, 5) is 9.10. The van der Waals surface area contributed by atoms with Gasteiger partial charge in [-0.25, -0.2) is 4.99 Å². The highest BCUT2D eigenvalue weighted by Crippen LogP contribution is 2.12. The maximum absolute atomic E-state index is 8.40. The standard InChI is InChI=1S/C22H19N3/c1-24-20(17-11-5-2-6-12-17)21(18-13-7-3-8-14-18)25-22(23)19-15-9-4-10-16-19/h2-16,23H,1H3. The summed E-state index contributed by atoms with van der Waals surface area (Å²) in [6, 6.07) is 29.4. The number of nitrogens with zero attached hydrogens (tertiary/aromatic N) is 2. The van der Waals surface area contributed by atoms with Crippen LogP contribution in [0.5, 0.6) is 0 Å². The Bertz CT molecular complexity index is 896. The zero-order chi connectivity index (χ0) is 17.5. The summed E-state index contributed by atoms with van der Waals surface area (Å²) in [7, 11) is 1.76. The van der Waals surface area contributed by atoms with Gasteiger partial charge in [-0.1, -0.05) is 91.0 Å². The summed E-state index contributed by atoms with van der Waals surface area (Å²) in [5.41, 5.74) is 4.16. The summed E-state index contributed by atoms with van der Waals surface area (Å²) in [6.07, 6.45) is 0. The summed E-state index contributed by atoms with van der Waals surface area (Å²) in [6.45, 7) is 0. The summed E-state index contributed by atoms with van der Waals surface area (Å²) >= 11 is 0. The van der Waals surface area contributed by atoms with Gasteiger partial charge in [0.15, 0.2) is 5.84 Å². The predicted molar refractivity (Wildman–Crippen MR) is 105 cm³/mol. The molecule has 0 amide bonds. The van der Waals surface area contributed by atoms with E-state index < -0.39 is 0 Å². The molecule has 3 aromatic rings. The molecule has 1 N–H and O–H groups in total. The Labute approximate surface area is 147 Å². The average molecular weight is 325 g/mol. The van der Waals surface area contributed by atoms with Crippen LogP contribution in [0.3, 0.4) is 0 Å². The molecule has 0 bridgehead atoms. The number of aliphatic imine (C=N–C) groups is 2. The minimum atomic E-state index is 0.219. The summed E-state index contributed by atoms with van der Waals surface area (Å²) in [5, 5.41) is 8.40. The topological polar surface area (TPSA) is 48.6 Å². The van der Waals surface area contributed by atoms with E-state index in [0.717, 1.165) is 22.4 Å². The highest BCUT2D eigenvalue weighted by atomic mass is 14.9. The van der Waals surface area contributed by atoms with Crippen molar-refractivity contribution in [2.75, 3.05) is 7.05 Å². The van der Waals surface area contributed by atoms with Crippen LogP contribution in [0.1, 0.15) is 16.7 Å². The van der Waals surface area contributed by atoms with Crippen molar-refractivity contribution < 1.29 is 0 Å². The van der Waals surface area contributed by atoms with E-state index in [4.69, 9.17) is 5.41 Å². The van der Waals surface area contributed by atoms with Crippen LogP contribution in [0.25, 0.3) is 0 Å². The minimum absolute atomic E-state index is 0.219. The first-order valence-electron chi connectivity index (χ1n) is 8.10. The fourth-order valence-corrected chi connectivity index (χ4v) is 2.59. The van der Waals surface area contributed by atoms with Gasteiger partial charge in [-0.3, -0.25) is 10.4 Å². The lowest BCUT2D eigenvalue weighted by Gasteiger charge is -2.11. The maximum Gasteiger partial charge on any atom is 0.152 e. The molecular formula is C22H19N3. The molecule has 0 heterocycles. The molecule has 0 aliphatic carbocycles. The Morgan fingerprint density at radius 2 is 1.00 bits per heavy atom. The Morgan fingerprint density at radius 3 is 1.44 bits per heavy atom. The second-order valence-electron chi connectivity index (χ2n) is 5.48. The first-order valence-corrected chi connectivity index (χ1v) is 8.10. The van der Waals surface area contributed by atoms with E-state index in [0.29, 0.717) is 5.71 Å². The molecule has 0 aliphatic heterocycles. The van der Waals surface area contributed by atoms with Crippen molar-refractivity contribution >= 4 is 17.3 Å². The molecule has 0 atom stereocenters. The van der Waals surface area contributed by atoms with Gasteiger partial charge in [0, 0.05) is 23.7 Å². The van der Waals surface area contributed by atoms with Gasteiger partial charge in [0.05, 0.1) is 11.4 Å². The molecule has 3 nitrogen and oxygen atoms in total. The molecule has 3 aromatic carbocycles. The molecule has 0 spiro atoms. The number of benzene rings is 3. The van der Waals surface area contributed by atoms with Gasteiger partial charge >= 0.3 is 0 Å². The zero-order valence-electron chi connectivity index (χ0n) is 14.1. The van der Waals surface area contributed by atoms with Crippen molar-refractivity contribution in [1.29, 1.82) is 5.41 Å². The van der Waals surface area contributed by atoms with Crippen molar-refractivity contribution in [3.8, 4) is 0 Å². The van der Waals surface area contributed by atoms with Crippen LogP contribution in [0, 0.1) is 5.41 Å². The van der Waals surface area contributed by atoms with Crippen molar-refractivity contribution in [1.82, 2.24) is 0 Å². The molecular weight excluding hydrogens is 306 g/mol. The van der Waals surface area contributed by atoms with Crippen LogP contribution in [-0.2, 0) is 0 Å². The smallest absolute Gasteiger partial charge is 0.152 e. The first-order chi connectivity index (χ1) is 12.3. The lowest BCUT2D eigenvalue weighted by atomic mass is 9.99. The molecule has 0 saturated heterocycles. The third-order valence-corrected chi connectivity index (χ3v) is 3.81. The Balaban J connectivity index is 2.11. The Kier molecular flexibility index (Phi) is 5.27. The molecule has 0 aromatic heterocycles. The molecule has 0 radical (unpaired) electrons. The Hall–Kier alpha value is -3.33. The van der Waals surface area contributed by atoms with E-state index >= 15 is 0 Å². The molecule has 0 aliphatic rings. The zero-order valence-corrected chi connectivity index (χ0v) is 14.1. The number of amidine groups is 1. The minimum Gasteiger partial charge on any atom is -0.286 e. The first kappa shape index (κ1) is 16.5. The summed E-state index contributed by atoms with van der Waals surface area (Å²) in [5.74, 6) is 0.219. The highest BCUT2D eigenvalue weighted by Gasteiger charge is 2.14. The molecule has 3 rings (SSSR count). The van der Waals surface area contributed by atoms with Crippen molar-refractivity contribution in [2.45, 2.75) is 0 Å². The van der Waals surface area contributed by atoms with Gasteiger partial charge in [-0.2, -0.15) is 0 Å². The lowest BCUT2D eigenvalue weighted by Crippen LogP contribution is -2.19. The molecule has 25 heavy (non-hydrogen) atoms. The number of hydrogen-bond acceptors (Lipinski definition) is 2. The molecule has 0 saturated carbocycles. The van der Waals surface area contributed by atoms with E-state index in [1.807, 2.05) is 91.0 Å². The highest BCUT2D eigenvalue weighted by molar-refractivity contribution is 6.54. The SMILES string of the molecule is CN=C(C(=NC(=N)c1ccccc1)c1ccccc1)c1ccccc1. The van der Waals surface area contributed by atoms with Crippen molar-refractivity contribution in [3.63, 3.8) is 0 Å². The van der Waals surface area contributed by atoms with Gasteiger partial charge in [-0.15, -0.1) is 0 Å². The quantitative estimate of drug-likeness (QED) is 0.537. The van der Waals surface area contributed by atoms with E-state index in [9.17, 15) is 0 Å². The second-order valence-corrected chi connectivity index (χ2v) is 5.48. The maximum atomic E-state index is 8.40. The van der Waals surface area contributed by atoms with Crippen LogP contribution in [-0.4, -0.2) is 24.3 Å². The Morgan fingerprint density at radius 1 is 0.600 bits per heavy atom. The van der Waals surface area contributed by atoms with E-state index in [-0.39, 0.29) is 5.84 Å². The third-order valence-electron chi connectivity index (χ3n) is 3.81. The monoisotopic (exact) mass is 325 g/mol. The fourth-order valence-electron chi connectivity index (χ4n) is 2.59. The lowest BCUT2D eigenvalue weighted by molar-refractivity contribution is 1.40. The van der Waals surface area contributed by atoms with Gasteiger partial charge in [0.1, 0.15) is 0 Å². The average Bonchev–Trinajstić information content (AvgIpc) is 2.70. The van der Waals surface area contributed by atoms with Gasteiger partial charge in [0.25, 0.3) is 0 Å². The fraction of sp³-hybridized carbons (Fsp3) is 0.0455. The van der Waals surface area contributed by atoms with Crippen LogP contribution in [0.15, 0.2) is 101 Å². The molecule has 122 valence electrons. The van der Waals surface area contributed by atoms with E-state index in [2.05, 4.69) is 9.98 Å². The van der Waals surface area contributed by atoms with Gasteiger partial charge in [-0.05, 0) is 0 Å². The second kappa shape index (κ2) is 7.97. The molecule has 0 unspecified atom stereocenters. The van der Waals surface area contributed by atoms with Crippen molar-refractivity contribution in [2.24, 2.45) is 9.98 Å². The van der Waals surface area contributed by atoms with Crippen LogP contribution in [0.4, 0.5) is 0 Å². The number of hydrogen-bond donors (Lipinski definition) is 1. The van der Waals surface area contributed by atoms with Crippen LogP contribution >= 0.6 is 0 Å². The largest absolute Gasteiger partial charge is 0.286 e. The van der Waals surface area contributed by atoms with E-state index in [1.165, 1.54) is 0 Å².